The van der Waals surface area contributed by atoms with Gasteiger partial charge in [0.15, 0.2) is 0 Å². The zero-order valence-electron chi connectivity index (χ0n) is 12.1. The van der Waals surface area contributed by atoms with Gasteiger partial charge in [-0.15, -0.1) is 0 Å². The molecule has 9 nitrogen and oxygen atoms in total. The number of rotatable bonds is 6. The fraction of sp³-hybridized carbons (Fsp3) is 0.417. The van der Waals surface area contributed by atoms with Crippen LogP contribution in [0.3, 0.4) is 0 Å². The molecule has 1 amide bonds. The highest BCUT2D eigenvalue weighted by molar-refractivity contribution is 6.30. The molecule has 118 valence electrons. The van der Waals surface area contributed by atoms with Crippen molar-refractivity contribution in [3.63, 3.8) is 0 Å². The van der Waals surface area contributed by atoms with Crippen molar-refractivity contribution in [3.8, 4) is 0 Å². The summed E-state index contributed by atoms with van der Waals surface area (Å²) in [6.07, 6.45) is 4.42. The molecule has 0 bridgehead atoms. The van der Waals surface area contributed by atoms with Crippen molar-refractivity contribution in [1.29, 1.82) is 0 Å². The van der Waals surface area contributed by atoms with E-state index in [9.17, 15) is 14.9 Å². The smallest absolute Gasteiger partial charge is 0.309 e. The second-order valence-electron chi connectivity index (χ2n) is 4.73. The third kappa shape index (κ3) is 3.61. The van der Waals surface area contributed by atoms with Crippen LogP contribution >= 0.6 is 11.6 Å². The quantitative estimate of drug-likeness (QED) is 0.636. The Morgan fingerprint density at radius 3 is 2.82 bits per heavy atom. The molecule has 2 aromatic heterocycles. The van der Waals surface area contributed by atoms with Crippen molar-refractivity contribution in [2.24, 2.45) is 0 Å². The summed E-state index contributed by atoms with van der Waals surface area (Å²) < 4.78 is 2.89. The summed E-state index contributed by atoms with van der Waals surface area (Å²) in [5, 5.41) is 22.0. The zero-order valence-corrected chi connectivity index (χ0v) is 12.8. The maximum Gasteiger partial charge on any atom is 0.309 e. The lowest BCUT2D eigenvalue weighted by molar-refractivity contribution is -0.385. The lowest BCUT2D eigenvalue weighted by atomic mass is 10.3. The number of aryl methyl sites for hydroxylation is 1. The summed E-state index contributed by atoms with van der Waals surface area (Å²) >= 11 is 5.74. The molecular weight excluding hydrogens is 312 g/mol. The van der Waals surface area contributed by atoms with E-state index in [0.29, 0.717) is 18.1 Å². The number of carbonyl (C=O) groups is 1. The van der Waals surface area contributed by atoms with Gasteiger partial charge in [0.2, 0.25) is 5.91 Å². The van der Waals surface area contributed by atoms with Gasteiger partial charge in [0, 0.05) is 12.7 Å². The first-order valence-electron chi connectivity index (χ1n) is 6.54. The van der Waals surface area contributed by atoms with E-state index in [4.69, 9.17) is 11.6 Å². The van der Waals surface area contributed by atoms with E-state index < -0.39 is 11.0 Å². The molecule has 22 heavy (non-hydrogen) atoms. The van der Waals surface area contributed by atoms with Gasteiger partial charge in [-0.25, -0.2) is 0 Å². The molecule has 1 N–H and O–H groups in total. The van der Waals surface area contributed by atoms with Crippen LogP contribution in [0.5, 0.6) is 0 Å². The van der Waals surface area contributed by atoms with Crippen molar-refractivity contribution < 1.29 is 9.72 Å². The van der Waals surface area contributed by atoms with Crippen molar-refractivity contribution >= 4 is 23.2 Å². The van der Waals surface area contributed by atoms with Crippen LogP contribution in [-0.4, -0.2) is 36.9 Å². The molecule has 1 atom stereocenters. The van der Waals surface area contributed by atoms with Gasteiger partial charge in [0.1, 0.15) is 17.9 Å². The van der Waals surface area contributed by atoms with Gasteiger partial charge < -0.3 is 5.32 Å². The fourth-order valence-corrected chi connectivity index (χ4v) is 2.03. The summed E-state index contributed by atoms with van der Waals surface area (Å²) in [5.74, 6) is -0.282. The topological polar surface area (TPSA) is 108 Å². The molecule has 1 unspecified atom stereocenters. The van der Waals surface area contributed by atoms with Crippen molar-refractivity contribution in [3.05, 3.63) is 39.4 Å². The number of nitro groups is 1. The Balaban J connectivity index is 1.91. The monoisotopic (exact) mass is 326 g/mol. The van der Waals surface area contributed by atoms with Gasteiger partial charge in [-0.1, -0.05) is 11.6 Å². The van der Waals surface area contributed by atoms with Gasteiger partial charge in [0.25, 0.3) is 0 Å². The predicted octanol–water partition coefficient (Wildman–Crippen LogP) is 1.33. The SMILES string of the molecule is Cc1nn(C(C)C(=O)NCCn2cc(Cl)cn2)cc1[N+](=O)[O-]. The van der Waals surface area contributed by atoms with Crippen molar-refractivity contribution in [2.45, 2.75) is 26.4 Å². The summed E-state index contributed by atoms with van der Waals surface area (Å²) in [7, 11) is 0. The largest absolute Gasteiger partial charge is 0.352 e. The average molecular weight is 327 g/mol. The molecule has 0 radical (unpaired) electrons. The maximum absolute atomic E-state index is 12.0. The highest BCUT2D eigenvalue weighted by atomic mass is 35.5. The minimum absolute atomic E-state index is 0.106. The van der Waals surface area contributed by atoms with Crippen LogP contribution in [0.2, 0.25) is 5.02 Å². The van der Waals surface area contributed by atoms with Gasteiger partial charge >= 0.3 is 5.69 Å². The van der Waals surface area contributed by atoms with Crippen LogP contribution in [-0.2, 0) is 11.3 Å². The normalized spacial score (nSPS) is 12.1. The zero-order chi connectivity index (χ0) is 16.3. The molecule has 0 aliphatic rings. The van der Waals surface area contributed by atoms with Crippen LogP contribution in [0.1, 0.15) is 18.7 Å². The van der Waals surface area contributed by atoms with E-state index >= 15 is 0 Å². The minimum atomic E-state index is -0.645. The number of halogens is 1. The van der Waals surface area contributed by atoms with Crippen LogP contribution in [0.15, 0.2) is 18.6 Å². The van der Waals surface area contributed by atoms with Crippen molar-refractivity contribution in [2.75, 3.05) is 6.54 Å². The van der Waals surface area contributed by atoms with E-state index in [0.717, 1.165) is 0 Å². The van der Waals surface area contributed by atoms with Gasteiger partial charge in [-0.05, 0) is 13.8 Å². The summed E-state index contributed by atoms with van der Waals surface area (Å²) in [5.41, 5.74) is 0.168. The Labute approximate surface area is 131 Å². The molecule has 0 aromatic carbocycles. The van der Waals surface area contributed by atoms with E-state index in [1.54, 1.807) is 17.8 Å². The van der Waals surface area contributed by atoms with E-state index in [-0.39, 0.29) is 17.3 Å². The van der Waals surface area contributed by atoms with Gasteiger partial charge in [-0.3, -0.25) is 24.3 Å². The number of hydrogen-bond acceptors (Lipinski definition) is 5. The molecule has 2 rings (SSSR count). The first kappa shape index (κ1) is 16.0. The standard InChI is InChI=1S/C12H15ClN6O3/c1-8-11(19(21)22)7-18(16-8)9(2)12(20)14-3-4-17-6-10(13)5-15-17/h5-7,9H,3-4H2,1-2H3,(H,14,20). The highest BCUT2D eigenvalue weighted by Crippen LogP contribution is 2.18. The lowest BCUT2D eigenvalue weighted by Gasteiger charge is -2.12. The Morgan fingerprint density at radius 2 is 2.27 bits per heavy atom. The molecule has 2 heterocycles. The Morgan fingerprint density at radius 1 is 1.55 bits per heavy atom. The van der Waals surface area contributed by atoms with Crippen LogP contribution < -0.4 is 5.32 Å². The minimum Gasteiger partial charge on any atom is -0.352 e. The van der Waals surface area contributed by atoms with Gasteiger partial charge in [0.05, 0.1) is 22.7 Å². The van der Waals surface area contributed by atoms with Crippen LogP contribution in [0.4, 0.5) is 5.69 Å². The highest BCUT2D eigenvalue weighted by Gasteiger charge is 2.21. The first-order valence-corrected chi connectivity index (χ1v) is 6.92. The Hall–Kier alpha value is -2.42. The number of nitrogens with zero attached hydrogens (tertiary/aromatic N) is 5. The second-order valence-corrected chi connectivity index (χ2v) is 5.16. The third-order valence-electron chi connectivity index (χ3n) is 3.11. The maximum atomic E-state index is 12.0. The summed E-state index contributed by atoms with van der Waals surface area (Å²) in [6.45, 7) is 3.99. The summed E-state index contributed by atoms with van der Waals surface area (Å²) in [4.78, 5) is 22.3. The molecule has 10 heteroatoms. The molecular formula is C12H15ClN6O3. The van der Waals surface area contributed by atoms with E-state index in [1.807, 2.05) is 0 Å². The number of carbonyl (C=O) groups excluding carboxylic acids is 1. The van der Waals surface area contributed by atoms with Crippen LogP contribution in [0, 0.1) is 17.0 Å². The summed E-state index contributed by atoms with van der Waals surface area (Å²) in [6, 6.07) is -0.645. The average Bonchev–Trinajstić information content (AvgIpc) is 3.04. The molecule has 0 saturated carbocycles. The molecule has 2 aromatic rings. The molecule has 0 fully saturated rings. The number of hydrogen-bond donors (Lipinski definition) is 1. The number of amides is 1. The van der Waals surface area contributed by atoms with Crippen LogP contribution in [0.25, 0.3) is 0 Å². The van der Waals surface area contributed by atoms with Gasteiger partial charge in [-0.2, -0.15) is 10.2 Å². The number of nitrogens with one attached hydrogen (secondary N) is 1. The molecule has 0 aliphatic carbocycles. The van der Waals surface area contributed by atoms with Crippen molar-refractivity contribution in [1.82, 2.24) is 24.9 Å². The second kappa shape index (κ2) is 6.56. The fourth-order valence-electron chi connectivity index (χ4n) is 1.87. The van der Waals surface area contributed by atoms with E-state index in [2.05, 4.69) is 15.5 Å². The Kier molecular flexibility index (Phi) is 4.76. The Bertz CT molecular complexity index is 695. The molecule has 0 saturated heterocycles. The number of aromatic nitrogens is 4. The third-order valence-corrected chi connectivity index (χ3v) is 3.30. The first-order chi connectivity index (χ1) is 10.4. The lowest BCUT2D eigenvalue weighted by Crippen LogP contribution is -2.33. The predicted molar refractivity (Wildman–Crippen MR) is 78.6 cm³/mol. The molecule has 0 spiro atoms. The molecule has 0 aliphatic heterocycles. The van der Waals surface area contributed by atoms with E-state index in [1.165, 1.54) is 24.0 Å².